The van der Waals surface area contributed by atoms with Gasteiger partial charge in [-0.15, -0.1) is 0 Å². The summed E-state index contributed by atoms with van der Waals surface area (Å²) in [6.45, 7) is 2.72. The van der Waals surface area contributed by atoms with Gasteiger partial charge in [0, 0.05) is 25.0 Å². The summed E-state index contributed by atoms with van der Waals surface area (Å²) >= 11 is 5.91. The summed E-state index contributed by atoms with van der Waals surface area (Å²) in [5, 5.41) is -0.0881. The molecule has 0 spiro atoms. The first-order valence-corrected chi connectivity index (χ1v) is 8.17. The van der Waals surface area contributed by atoms with E-state index in [-0.39, 0.29) is 29.0 Å². The molecular formula is C16H17ClF3N3O. The zero-order valence-corrected chi connectivity index (χ0v) is 13.9. The van der Waals surface area contributed by atoms with Gasteiger partial charge in [-0.05, 0) is 32.3 Å². The number of aromatic nitrogens is 2. The quantitative estimate of drug-likeness (QED) is 0.814. The number of rotatable bonds is 2. The van der Waals surface area contributed by atoms with Crippen LogP contribution >= 0.6 is 11.6 Å². The fourth-order valence-electron chi connectivity index (χ4n) is 3.07. The van der Waals surface area contributed by atoms with Gasteiger partial charge in [0.25, 0.3) is 0 Å². The molecule has 8 heteroatoms. The molecule has 3 heterocycles. The molecule has 0 aliphatic carbocycles. The molecule has 1 fully saturated rings. The molecule has 0 bridgehead atoms. The summed E-state index contributed by atoms with van der Waals surface area (Å²) in [7, 11) is 0. The van der Waals surface area contributed by atoms with Crippen molar-refractivity contribution in [2.45, 2.75) is 44.8 Å². The SMILES string of the molecule is CC1CCCCN1C(=O)Cc1cn2cc(C(F)(F)F)cc(Cl)c2n1. The Morgan fingerprint density at radius 1 is 1.38 bits per heavy atom. The molecule has 1 aliphatic heterocycles. The van der Waals surface area contributed by atoms with Crippen molar-refractivity contribution >= 4 is 23.2 Å². The molecule has 0 aromatic carbocycles. The third kappa shape index (κ3) is 3.36. The van der Waals surface area contributed by atoms with Gasteiger partial charge < -0.3 is 9.30 Å². The Balaban J connectivity index is 1.85. The number of piperidine rings is 1. The maximum atomic E-state index is 12.8. The molecule has 1 aliphatic rings. The second kappa shape index (κ2) is 6.27. The predicted molar refractivity (Wildman–Crippen MR) is 83.9 cm³/mol. The van der Waals surface area contributed by atoms with Gasteiger partial charge in [-0.25, -0.2) is 4.98 Å². The van der Waals surface area contributed by atoms with Crippen LogP contribution in [0.2, 0.25) is 5.02 Å². The average Bonchev–Trinajstić information content (AvgIpc) is 2.89. The third-order valence-electron chi connectivity index (χ3n) is 4.34. The van der Waals surface area contributed by atoms with Crippen molar-refractivity contribution in [2.75, 3.05) is 6.54 Å². The molecule has 1 atom stereocenters. The Morgan fingerprint density at radius 2 is 2.12 bits per heavy atom. The third-order valence-corrected chi connectivity index (χ3v) is 4.62. The molecule has 1 saturated heterocycles. The van der Waals surface area contributed by atoms with E-state index in [0.29, 0.717) is 12.2 Å². The molecule has 2 aromatic heterocycles. The summed E-state index contributed by atoms with van der Waals surface area (Å²) in [5.41, 5.74) is -0.210. The van der Waals surface area contributed by atoms with Crippen LogP contribution in [0.1, 0.15) is 37.4 Å². The van der Waals surface area contributed by atoms with E-state index < -0.39 is 11.7 Å². The van der Waals surface area contributed by atoms with Crippen molar-refractivity contribution in [3.8, 4) is 0 Å². The van der Waals surface area contributed by atoms with Gasteiger partial charge in [-0.3, -0.25) is 4.79 Å². The van der Waals surface area contributed by atoms with Crippen molar-refractivity contribution in [1.82, 2.24) is 14.3 Å². The number of nitrogens with zero attached hydrogens (tertiary/aromatic N) is 3. The first-order chi connectivity index (χ1) is 11.3. The maximum Gasteiger partial charge on any atom is 0.417 e. The Kier molecular flexibility index (Phi) is 4.46. The van der Waals surface area contributed by atoms with Crippen molar-refractivity contribution in [2.24, 2.45) is 0 Å². The smallest absolute Gasteiger partial charge is 0.340 e. The summed E-state index contributed by atoms with van der Waals surface area (Å²) in [6.07, 6.45) is 0.995. The van der Waals surface area contributed by atoms with Crippen LogP contribution in [-0.2, 0) is 17.4 Å². The number of pyridine rings is 1. The molecule has 4 nitrogen and oxygen atoms in total. The number of alkyl halides is 3. The number of hydrogen-bond acceptors (Lipinski definition) is 2. The highest BCUT2D eigenvalue weighted by atomic mass is 35.5. The highest BCUT2D eigenvalue weighted by Crippen LogP contribution is 2.32. The number of amides is 1. The Labute approximate surface area is 142 Å². The minimum atomic E-state index is -4.48. The summed E-state index contributed by atoms with van der Waals surface area (Å²) in [6, 6.07) is 1.03. The molecule has 1 amide bonds. The van der Waals surface area contributed by atoms with Gasteiger partial charge >= 0.3 is 6.18 Å². The fraction of sp³-hybridized carbons (Fsp3) is 0.500. The normalized spacial score (nSPS) is 19.0. The first kappa shape index (κ1) is 17.1. The topological polar surface area (TPSA) is 37.6 Å². The van der Waals surface area contributed by atoms with E-state index in [2.05, 4.69) is 4.98 Å². The van der Waals surface area contributed by atoms with E-state index in [1.165, 1.54) is 10.6 Å². The van der Waals surface area contributed by atoms with Crippen LogP contribution in [0.15, 0.2) is 18.5 Å². The van der Waals surface area contributed by atoms with Crippen LogP contribution in [0.5, 0.6) is 0 Å². The second-order valence-corrected chi connectivity index (χ2v) is 6.55. The van der Waals surface area contributed by atoms with Crippen LogP contribution in [0, 0.1) is 0 Å². The summed E-state index contributed by atoms with van der Waals surface area (Å²) in [5.74, 6) is -0.0576. The fourth-order valence-corrected chi connectivity index (χ4v) is 3.33. The van der Waals surface area contributed by atoms with E-state index in [0.717, 1.165) is 31.5 Å². The number of halogens is 4. The van der Waals surface area contributed by atoms with Crippen LogP contribution in [0.25, 0.3) is 5.65 Å². The Bertz CT molecular complexity index is 772. The number of hydrogen-bond donors (Lipinski definition) is 0. The largest absolute Gasteiger partial charge is 0.417 e. The number of carbonyl (C=O) groups excluding carboxylic acids is 1. The lowest BCUT2D eigenvalue weighted by Crippen LogP contribution is -2.42. The highest BCUT2D eigenvalue weighted by molar-refractivity contribution is 6.33. The van der Waals surface area contributed by atoms with Crippen molar-refractivity contribution in [1.29, 1.82) is 0 Å². The molecule has 24 heavy (non-hydrogen) atoms. The minimum absolute atomic E-state index is 0.0576. The lowest BCUT2D eigenvalue weighted by atomic mass is 10.0. The Hall–Kier alpha value is -1.76. The maximum absolute atomic E-state index is 12.8. The van der Waals surface area contributed by atoms with Crippen LogP contribution in [0.3, 0.4) is 0 Å². The minimum Gasteiger partial charge on any atom is -0.340 e. The molecule has 3 rings (SSSR count). The number of likely N-dealkylation sites (tertiary alicyclic amines) is 1. The molecular weight excluding hydrogens is 343 g/mol. The molecule has 0 radical (unpaired) electrons. The zero-order chi connectivity index (χ0) is 17.5. The van der Waals surface area contributed by atoms with Gasteiger partial charge in [-0.2, -0.15) is 13.2 Å². The van der Waals surface area contributed by atoms with E-state index in [1.807, 2.05) is 11.8 Å². The van der Waals surface area contributed by atoms with Gasteiger partial charge in [0.1, 0.15) is 0 Å². The molecule has 0 N–H and O–H groups in total. The second-order valence-electron chi connectivity index (χ2n) is 6.15. The monoisotopic (exact) mass is 359 g/mol. The summed E-state index contributed by atoms with van der Waals surface area (Å²) in [4.78, 5) is 18.5. The number of fused-ring (bicyclic) bond motifs is 1. The van der Waals surface area contributed by atoms with Crippen molar-refractivity contribution in [3.05, 3.63) is 34.7 Å². The highest BCUT2D eigenvalue weighted by Gasteiger charge is 2.32. The van der Waals surface area contributed by atoms with Crippen LogP contribution < -0.4 is 0 Å². The van der Waals surface area contributed by atoms with Gasteiger partial charge in [0.05, 0.1) is 22.7 Å². The zero-order valence-electron chi connectivity index (χ0n) is 13.1. The average molecular weight is 360 g/mol. The van der Waals surface area contributed by atoms with E-state index in [1.54, 1.807) is 0 Å². The lowest BCUT2D eigenvalue weighted by Gasteiger charge is -2.33. The summed E-state index contributed by atoms with van der Waals surface area (Å²) < 4.78 is 39.8. The molecule has 2 aromatic rings. The van der Waals surface area contributed by atoms with Gasteiger partial charge in [0.15, 0.2) is 5.65 Å². The van der Waals surface area contributed by atoms with Crippen LogP contribution in [-0.4, -0.2) is 32.8 Å². The standard InChI is InChI=1S/C16H17ClF3N3O/c1-10-4-2-3-5-23(10)14(24)7-12-9-22-8-11(16(18,19)20)6-13(17)15(22)21-12/h6,8-10H,2-5,7H2,1H3. The number of carbonyl (C=O) groups is 1. The Morgan fingerprint density at radius 3 is 2.79 bits per heavy atom. The first-order valence-electron chi connectivity index (χ1n) is 7.79. The number of imidazole rings is 1. The van der Waals surface area contributed by atoms with E-state index in [4.69, 9.17) is 11.6 Å². The predicted octanol–water partition coefficient (Wildman–Crippen LogP) is 3.95. The van der Waals surface area contributed by atoms with E-state index >= 15 is 0 Å². The van der Waals surface area contributed by atoms with Gasteiger partial charge in [0.2, 0.25) is 5.91 Å². The molecule has 0 saturated carbocycles. The molecule has 130 valence electrons. The molecule has 1 unspecified atom stereocenters. The van der Waals surface area contributed by atoms with Crippen molar-refractivity contribution < 1.29 is 18.0 Å². The van der Waals surface area contributed by atoms with Crippen molar-refractivity contribution in [3.63, 3.8) is 0 Å². The van der Waals surface area contributed by atoms with E-state index in [9.17, 15) is 18.0 Å². The van der Waals surface area contributed by atoms with Gasteiger partial charge in [-0.1, -0.05) is 11.6 Å². The van der Waals surface area contributed by atoms with Crippen LogP contribution in [0.4, 0.5) is 13.2 Å². The lowest BCUT2D eigenvalue weighted by molar-refractivity contribution is -0.138.